The zero-order chi connectivity index (χ0) is 7.23. The predicted octanol–water partition coefficient (Wildman–Crippen LogP) is 1.15. The molecule has 1 aliphatic rings. The number of rotatable bonds is 0. The van der Waals surface area contributed by atoms with Crippen molar-refractivity contribution in [1.82, 2.24) is 0 Å². The second-order valence-corrected chi connectivity index (χ2v) is 2.76. The lowest BCUT2D eigenvalue weighted by molar-refractivity contribution is 0.295. The molecule has 0 saturated carbocycles. The Kier molecular flexibility index (Phi) is 3.60. The Balaban J connectivity index is 2.35. The van der Waals surface area contributed by atoms with E-state index >= 15 is 0 Å². The van der Waals surface area contributed by atoms with Gasteiger partial charge in [-0.25, -0.2) is 4.99 Å². The molecule has 0 aliphatic carbocycles. The van der Waals surface area contributed by atoms with E-state index in [1.807, 2.05) is 0 Å². The Labute approximate surface area is 65.2 Å². The van der Waals surface area contributed by atoms with E-state index in [4.69, 9.17) is 9.88 Å². The van der Waals surface area contributed by atoms with Crippen LogP contribution in [-0.4, -0.2) is 18.4 Å². The van der Waals surface area contributed by atoms with Crippen LogP contribution in [-0.2, 0) is 4.74 Å². The molecule has 0 aromatic carbocycles. The maximum Gasteiger partial charge on any atom is 0.261 e. The highest BCUT2D eigenvalue weighted by molar-refractivity contribution is 8.11. The highest BCUT2D eigenvalue weighted by atomic mass is 32.2. The minimum absolute atomic E-state index is 0.639. The highest BCUT2D eigenvalue weighted by Gasteiger charge is 2.01. The summed E-state index contributed by atoms with van der Waals surface area (Å²) in [5.41, 5.74) is 0. The molecule has 1 heterocycles. The summed E-state index contributed by atoms with van der Waals surface area (Å²) < 4.78 is 5.22. The fourth-order valence-electron chi connectivity index (χ4n) is 0.837. The van der Waals surface area contributed by atoms with E-state index in [1.54, 1.807) is 0 Å². The van der Waals surface area contributed by atoms with Gasteiger partial charge in [0, 0.05) is 18.5 Å². The quantitative estimate of drug-likeness (QED) is 0.541. The van der Waals surface area contributed by atoms with E-state index < -0.39 is 0 Å². The molecule has 58 valence electrons. The van der Waals surface area contributed by atoms with Crippen LogP contribution in [0.4, 0.5) is 0 Å². The Hall–Kier alpha value is -0.220. The van der Waals surface area contributed by atoms with Crippen molar-refractivity contribution in [3.8, 4) is 0 Å². The molecule has 4 heteroatoms. The summed E-state index contributed by atoms with van der Waals surface area (Å²) in [4.78, 5) is 4.13. The minimum atomic E-state index is 0.639. The predicted molar refractivity (Wildman–Crippen MR) is 43.9 cm³/mol. The molecule has 0 radical (unpaired) electrons. The molecule has 0 atom stereocenters. The van der Waals surface area contributed by atoms with Crippen molar-refractivity contribution in [3.05, 3.63) is 0 Å². The van der Waals surface area contributed by atoms with Gasteiger partial charge in [-0.2, -0.15) is 0 Å². The largest absolute Gasteiger partial charge is 0.472 e. The first-order valence-corrected chi connectivity index (χ1v) is 4.35. The summed E-state index contributed by atoms with van der Waals surface area (Å²) in [7, 11) is 0. The molecule has 1 aliphatic heterocycles. The fraction of sp³-hybridized carbons (Fsp3) is 0.833. The summed E-state index contributed by atoms with van der Waals surface area (Å²) in [6.45, 7) is 1.63. The van der Waals surface area contributed by atoms with Gasteiger partial charge in [-0.3, -0.25) is 5.14 Å². The number of hydrogen-bond acceptors (Lipinski definition) is 4. The third-order valence-electron chi connectivity index (χ3n) is 1.37. The molecule has 10 heavy (non-hydrogen) atoms. The van der Waals surface area contributed by atoms with E-state index in [2.05, 4.69) is 4.99 Å². The fourth-order valence-corrected chi connectivity index (χ4v) is 1.15. The van der Waals surface area contributed by atoms with E-state index in [0.29, 0.717) is 5.23 Å². The minimum Gasteiger partial charge on any atom is -0.472 e. The summed E-state index contributed by atoms with van der Waals surface area (Å²) >= 11 is 1.10. The third kappa shape index (κ3) is 2.58. The van der Waals surface area contributed by atoms with Gasteiger partial charge in [-0.05, 0) is 19.3 Å². The SMILES string of the molecule is NS/C1=N/CCCCCO1. The molecule has 0 bridgehead atoms. The van der Waals surface area contributed by atoms with Crippen LogP contribution >= 0.6 is 11.9 Å². The van der Waals surface area contributed by atoms with Gasteiger partial charge in [0.25, 0.3) is 5.23 Å². The summed E-state index contributed by atoms with van der Waals surface area (Å²) in [6.07, 6.45) is 3.50. The number of ether oxygens (including phenoxy) is 1. The Bertz CT molecular complexity index is 127. The van der Waals surface area contributed by atoms with Crippen LogP contribution < -0.4 is 5.14 Å². The van der Waals surface area contributed by atoms with E-state index in [-0.39, 0.29) is 0 Å². The summed E-state index contributed by atoms with van der Waals surface area (Å²) in [6, 6.07) is 0. The van der Waals surface area contributed by atoms with Crippen LogP contribution in [0.1, 0.15) is 19.3 Å². The summed E-state index contributed by atoms with van der Waals surface area (Å²) in [5, 5.41) is 5.92. The van der Waals surface area contributed by atoms with Gasteiger partial charge < -0.3 is 4.74 Å². The van der Waals surface area contributed by atoms with E-state index in [9.17, 15) is 0 Å². The van der Waals surface area contributed by atoms with Crippen molar-refractivity contribution in [2.45, 2.75) is 19.3 Å². The molecule has 0 fully saturated rings. The maximum absolute atomic E-state index is 5.28. The average molecular weight is 160 g/mol. The first-order chi connectivity index (χ1) is 4.93. The van der Waals surface area contributed by atoms with Gasteiger partial charge in [-0.15, -0.1) is 0 Å². The van der Waals surface area contributed by atoms with Gasteiger partial charge in [0.2, 0.25) is 0 Å². The first-order valence-electron chi connectivity index (χ1n) is 3.47. The maximum atomic E-state index is 5.28. The molecular formula is C6H12N2OS. The molecule has 0 spiro atoms. The highest BCUT2D eigenvalue weighted by Crippen LogP contribution is 2.05. The smallest absolute Gasteiger partial charge is 0.261 e. The van der Waals surface area contributed by atoms with Crippen LogP contribution in [0.3, 0.4) is 0 Å². The summed E-state index contributed by atoms with van der Waals surface area (Å²) in [5.74, 6) is 0. The molecule has 0 aromatic heterocycles. The van der Waals surface area contributed by atoms with E-state index in [0.717, 1.165) is 37.9 Å². The zero-order valence-corrected chi connectivity index (χ0v) is 6.69. The van der Waals surface area contributed by atoms with Crippen LogP contribution in [0.15, 0.2) is 4.99 Å². The normalized spacial score (nSPS) is 25.5. The number of nitrogens with zero attached hydrogens (tertiary/aromatic N) is 1. The molecule has 0 saturated heterocycles. The van der Waals surface area contributed by atoms with E-state index in [1.165, 1.54) is 6.42 Å². The average Bonchev–Trinajstić information content (AvgIpc) is 1.87. The Morgan fingerprint density at radius 3 is 3.10 bits per heavy atom. The monoisotopic (exact) mass is 160 g/mol. The molecule has 0 unspecified atom stereocenters. The van der Waals surface area contributed by atoms with Crippen molar-refractivity contribution >= 4 is 17.2 Å². The molecular weight excluding hydrogens is 148 g/mol. The van der Waals surface area contributed by atoms with Crippen molar-refractivity contribution in [2.24, 2.45) is 10.1 Å². The lowest BCUT2D eigenvalue weighted by Crippen LogP contribution is -2.08. The van der Waals surface area contributed by atoms with Crippen molar-refractivity contribution in [1.29, 1.82) is 0 Å². The van der Waals surface area contributed by atoms with Crippen molar-refractivity contribution in [2.75, 3.05) is 13.2 Å². The Morgan fingerprint density at radius 2 is 2.30 bits per heavy atom. The molecule has 2 N–H and O–H groups in total. The second-order valence-electron chi connectivity index (χ2n) is 2.17. The molecule has 3 nitrogen and oxygen atoms in total. The standard InChI is InChI=1S/C6H12N2OS/c7-10-6-8-4-2-1-3-5-9-6/h1-5,7H2/b8-6+. The van der Waals surface area contributed by atoms with Crippen LogP contribution in [0.2, 0.25) is 0 Å². The lowest BCUT2D eigenvalue weighted by Gasteiger charge is -2.09. The molecule has 1 rings (SSSR count). The van der Waals surface area contributed by atoms with Gasteiger partial charge >= 0.3 is 0 Å². The number of nitrogens with two attached hydrogens (primary N) is 1. The van der Waals surface area contributed by atoms with Gasteiger partial charge in [0.15, 0.2) is 0 Å². The zero-order valence-electron chi connectivity index (χ0n) is 5.88. The van der Waals surface area contributed by atoms with Gasteiger partial charge in [0.05, 0.1) is 6.61 Å². The first kappa shape index (κ1) is 7.88. The van der Waals surface area contributed by atoms with Crippen LogP contribution in [0.25, 0.3) is 0 Å². The van der Waals surface area contributed by atoms with Gasteiger partial charge in [0.1, 0.15) is 0 Å². The van der Waals surface area contributed by atoms with Crippen molar-refractivity contribution in [3.63, 3.8) is 0 Å². The van der Waals surface area contributed by atoms with Crippen LogP contribution in [0.5, 0.6) is 0 Å². The Morgan fingerprint density at radius 1 is 1.40 bits per heavy atom. The second kappa shape index (κ2) is 4.57. The lowest BCUT2D eigenvalue weighted by atomic mass is 10.2. The molecule has 0 amide bonds. The van der Waals surface area contributed by atoms with Gasteiger partial charge in [-0.1, -0.05) is 0 Å². The molecule has 0 aromatic rings. The number of hydrogen-bond donors (Lipinski definition) is 1. The van der Waals surface area contributed by atoms with Crippen molar-refractivity contribution < 1.29 is 4.74 Å². The number of aliphatic imine (C=N–C) groups is 1. The third-order valence-corrected chi connectivity index (χ3v) is 1.82. The van der Waals surface area contributed by atoms with Crippen LogP contribution in [0, 0.1) is 0 Å². The topological polar surface area (TPSA) is 47.6 Å².